The minimum Gasteiger partial charge on any atom is -0.463 e. The highest BCUT2D eigenvalue weighted by Crippen LogP contribution is 2.20. The first-order chi connectivity index (χ1) is 9.69. The van der Waals surface area contributed by atoms with E-state index in [2.05, 4.69) is 15.9 Å². The molecule has 2 aromatic rings. The Hall–Kier alpha value is -2.07. The number of esters is 1. The molecule has 0 saturated carbocycles. The number of benzene rings is 2. The number of hydrogen-bond donors (Lipinski definition) is 0. The first-order valence-corrected chi connectivity index (χ1v) is 6.77. The zero-order valence-corrected chi connectivity index (χ0v) is 12.5. The van der Waals surface area contributed by atoms with Crippen LogP contribution in [0.2, 0.25) is 0 Å². The van der Waals surface area contributed by atoms with Crippen LogP contribution in [-0.2, 0) is 9.53 Å². The highest BCUT2D eigenvalue weighted by Gasteiger charge is 2.12. The summed E-state index contributed by atoms with van der Waals surface area (Å²) < 4.78 is 11.3. The molecular formula is C16H13BrO3. The molecule has 0 aliphatic rings. The first kappa shape index (κ1) is 14.3. The van der Waals surface area contributed by atoms with Crippen LogP contribution in [0.25, 0.3) is 6.08 Å². The summed E-state index contributed by atoms with van der Waals surface area (Å²) in [5, 5.41) is 0. The van der Waals surface area contributed by atoms with Crippen LogP contribution in [0.3, 0.4) is 0 Å². The van der Waals surface area contributed by atoms with Crippen molar-refractivity contribution in [1.29, 1.82) is 0 Å². The van der Waals surface area contributed by atoms with Crippen molar-refractivity contribution in [2.75, 3.05) is 7.11 Å². The number of methoxy groups -OCH3 is 1. The van der Waals surface area contributed by atoms with Crippen LogP contribution in [0.1, 0.15) is 5.56 Å². The number of hydrogen-bond acceptors (Lipinski definition) is 3. The third-order valence-electron chi connectivity index (χ3n) is 2.53. The summed E-state index contributed by atoms with van der Waals surface area (Å²) >= 11 is 3.35. The van der Waals surface area contributed by atoms with E-state index in [0.717, 1.165) is 10.0 Å². The fraction of sp³-hybridized carbons (Fsp3) is 0.0625. The van der Waals surface area contributed by atoms with Gasteiger partial charge in [-0.1, -0.05) is 46.3 Å². The zero-order valence-electron chi connectivity index (χ0n) is 10.9. The monoisotopic (exact) mass is 332 g/mol. The Balaban J connectivity index is 2.26. The van der Waals surface area contributed by atoms with Crippen molar-refractivity contribution in [2.24, 2.45) is 0 Å². The predicted octanol–water partition coefficient (Wildman–Crippen LogP) is 4.04. The SMILES string of the molecule is COC(=O)/C(=C/c1ccccc1)Oc1ccc(Br)cc1. The van der Waals surface area contributed by atoms with E-state index in [9.17, 15) is 4.79 Å². The van der Waals surface area contributed by atoms with Gasteiger partial charge in [0.15, 0.2) is 0 Å². The van der Waals surface area contributed by atoms with E-state index >= 15 is 0 Å². The molecule has 0 N–H and O–H groups in total. The van der Waals surface area contributed by atoms with Gasteiger partial charge >= 0.3 is 5.97 Å². The summed E-state index contributed by atoms with van der Waals surface area (Å²) in [7, 11) is 1.33. The summed E-state index contributed by atoms with van der Waals surface area (Å²) in [6, 6.07) is 16.7. The highest BCUT2D eigenvalue weighted by atomic mass is 79.9. The average Bonchev–Trinajstić information content (AvgIpc) is 2.49. The van der Waals surface area contributed by atoms with Gasteiger partial charge in [0.1, 0.15) is 5.75 Å². The maximum Gasteiger partial charge on any atom is 0.373 e. The van der Waals surface area contributed by atoms with Crippen molar-refractivity contribution in [2.45, 2.75) is 0 Å². The Morgan fingerprint density at radius 1 is 1.05 bits per heavy atom. The molecule has 0 spiro atoms. The second-order valence-electron chi connectivity index (χ2n) is 3.97. The standard InChI is InChI=1S/C16H13BrO3/c1-19-16(18)15(11-12-5-3-2-4-6-12)20-14-9-7-13(17)8-10-14/h2-11H,1H3/b15-11-. The van der Waals surface area contributed by atoms with Gasteiger partial charge in [0.2, 0.25) is 5.76 Å². The van der Waals surface area contributed by atoms with E-state index in [1.54, 1.807) is 18.2 Å². The fourth-order valence-corrected chi connectivity index (χ4v) is 1.83. The smallest absolute Gasteiger partial charge is 0.373 e. The van der Waals surface area contributed by atoms with Crippen molar-refractivity contribution in [3.8, 4) is 5.75 Å². The molecule has 102 valence electrons. The number of carbonyl (C=O) groups is 1. The van der Waals surface area contributed by atoms with E-state index < -0.39 is 5.97 Å². The highest BCUT2D eigenvalue weighted by molar-refractivity contribution is 9.10. The molecule has 0 amide bonds. The number of carbonyl (C=O) groups excluding carboxylic acids is 1. The molecule has 0 fully saturated rings. The van der Waals surface area contributed by atoms with Gasteiger partial charge in [0.05, 0.1) is 7.11 Å². The van der Waals surface area contributed by atoms with E-state index in [1.165, 1.54) is 7.11 Å². The number of halogens is 1. The van der Waals surface area contributed by atoms with Gasteiger partial charge in [0, 0.05) is 4.47 Å². The fourth-order valence-electron chi connectivity index (χ4n) is 1.56. The van der Waals surface area contributed by atoms with Crippen LogP contribution in [0.15, 0.2) is 64.8 Å². The maximum atomic E-state index is 11.8. The van der Waals surface area contributed by atoms with Crippen molar-refractivity contribution in [3.63, 3.8) is 0 Å². The minimum absolute atomic E-state index is 0.140. The Kier molecular flexibility index (Phi) is 4.96. The molecule has 0 aromatic heterocycles. The summed E-state index contributed by atoms with van der Waals surface area (Å²) in [4.78, 5) is 11.8. The largest absolute Gasteiger partial charge is 0.463 e. The predicted molar refractivity (Wildman–Crippen MR) is 81.2 cm³/mol. The lowest BCUT2D eigenvalue weighted by molar-refractivity contribution is -0.138. The lowest BCUT2D eigenvalue weighted by Crippen LogP contribution is -2.10. The van der Waals surface area contributed by atoms with Crippen LogP contribution in [0, 0.1) is 0 Å². The molecule has 0 aliphatic heterocycles. The van der Waals surface area contributed by atoms with E-state index in [4.69, 9.17) is 9.47 Å². The molecule has 0 atom stereocenters. The number of ether oxygens (including phenoxy) is 2. The molecule has 4 heteroatoms. The lowest BCUT2D eigenvalue weighted by Gasteiger charge is -2.08. The molecule has 0 unspecified atom stereocenters. The lowest BCUT2D eigenvalue weighted by atomic mass is 10.2. The minimum atomic E-state index is -0.517. The van der Waals surface area contributed by atoms with Crippen molar-refractivity contribution in [3.05, 3.63) is 70.4 Å². The Morgan fingerprint density at radius 3 is 2.30 bits per heavy atom. The Morgan fingerprint density at radius 2 is 1.70 bits per heavy atom. The first-order valence-electron chi connectivity index (χ1n) is 5.97. The molecule has 0 radical (unpaired) electrons. The second-order valence-corrected chi connectivity index (χ2v) is 4.88. The van der Waals surface area contributed by atoms with Gasteiger partial charge in [-0.3, -0.25) is 0 Å². The molecule has 0 aliphatic carbocycles. The third kappa shape index (κ3) is 3.96. The normalized spacial score (nSPS) is 11.0. The summed E-state index contributed by atoms with van der Waals surface area (Å²) in [6.07, 6.45) is 1.65. The molecule has 0 saturated heterocycles. The van der Waals surface area contributed by atoms with E-state index in [-0.39, 0.29) is 5.76 Å². The Labute approximate surface area is 126 Å². The summed E-state index contributed by atoms with van der Waals surface area (Å²) in [5.41, 5.74) is 0.866. The zero-order chi connectivity index (χ0) is 14.4. The van der Waals surface area contributed by atoms with Gasteiger partial charge in [-0.15, -0.1) is 0 Å². The topological polar surface area (TPSA) is 35.5 Å². The van der Waals surface area contributed by atoms with Gasteiger partial charge in [-0.05, 0) is 35.9 Å². The van der Waals surface area contributed by atoms with E-state index in [1.807, 2.05) is 42.5 Å². The van der Waals surface area contributed by atoms with Crippen LogP contribution in [0.5, 0.6) is 5.75 Å². The van der Waals surface area contributed by atoms with Gasteiger partial charge in [0.25, 0.3) is 0 Å². The molecular weight excluding hydrogens is 320 g/mol. The number of rotatable bonds is 4. The molecule has 2 aromatic carbocycles. The van der Waals surface area contributed by atoms with Crippen molar-refractivity contribution in [1.82, 2.24) is 0 Å². The maximum absolute atomic E-state index is 11.8. The summed E-state index contributed by atoms with van der Waals surface area (Å²) in [5.74, 6) is 0.193. The molecule has 2 rings (SSSR count). The molecule has 3 nitrogen and oxygen atoms in total. The molecule has 20 heavy (non-hydrogen) atoms. The van der Waals surface area contributed by atoms with Crippen LogP contribution in [-0.4, -0.2) is 13.1 Å². The van der Waals surface area contributed by atoms with Gasteiger partial charge < -0.3 is 9.47 Å². The van der Waals surface area contributed by atoms with Crippen LogP contribution >= 0.6 is 15.9 Å². The molecule has 0 bridgehead atoms. The average molecular weight is 333 g/mol. The second kappa shape index (κ2) is 6.91. The van der Waals surface area contributed by atoms with Crippen molar-refractivity contribution >= 4 is 28.0 Å². The van der Waals surface area contributed by atoms with Crippen LogP contribution in [0.4, 0.5) is 0 Å². The van der Waals surface area contributed by atoms with Gasteiger partial charge in [-0.25, -0.2) is 4.79 Å². The van der Waals surface area contributed by atoms with Crippen LogP contribution < -0.4 is 4.74 Å². The molecule has 0 heterocycles. The summed E-state index contributed by atoms with van der Waals surface area (Å²) in [6.45, 7) is 0. The third-order valence-corrected chi connectivity index (χ3v) is 3.05. The van der Waals surface area contributed by atoms with E-state index in [0.29, 0.717) is 5.75 Å². The quantitative estimate of drug-likeness (QED) is 0.481. The van der Waals surface area contributed by atoms with Crippen molar-refractivity contribution < 1.29 is 14.3 Å². The Bertz CT molecular complexity index is 603. The van der Waals surface area contributed by atoms with Gasteiger partial charge in [-0.2, -0.15) is 0 Å².